The molecule has 30 heavy (non-hydrogen) atoms. The smallest absolute Gasteiger partial charge is 0.270 e. The quantitative estimate of drug-likeness (QED) is 0.537. The Hall–Kier alpha value is -2.00. The van der Waals surface area contributed by atoms with Crippen LogP contribution in [0, 0.1) is 33.3 Å². The number of hydrogen-bond donors (Lipinski definition) is 0. The molecule has 9 heteroatoms. The van der Waals surface area contributed by atoms with E-state index in [1.165, 1.54) is 41.8 Å². The van der Waals surface area contributed by atoms with Gasteiger partial charge in [-0.1, -0.05) is 6.07 Å². The third kappa shape index (κ3) is 3.22. The number of nitrogens with zero attached hydrogens (tertiary/aromatic N) is 3. The number of piperazine rings is 1. The first kappa shape index (κ1) is 19.9. The molecule has 162 valence electrons. The summed E-state index contributed by atoms with van der Waals surface area (Å²) in [6.07, 6.45) is 6.85. The molecule has 6 rings (SSSR count). The second kappa shape index (κ2) is 7.02. The average Bonchev–Trinajstić information content (AvgIpc) is 2.72. The maximum absolute atomic E-state index is 13.5. The van der Waals surface area contributed by atoms with Crippen molar-refractivity contribution in [2.45, 2.75) is 43.4 Å². The van der Waals surface area contributed by atoms with Gasteiger partial charge in [0.05, 0.1) is 15.2 Å². The molecule has 0 unspecified atom stereocenters. The fraction of sp³-hybridized carbons (Fsp3) is 0.667. The van der Waals surface area contributed by atoms with Crippen LogP contribution in [0.15, 0.2) is 29.2 Å². The maximum atomic E-state index is 13.5. The highest BCUT2D eigenvalue weighted by atomic mass is 32.2. The van der Waals surface area contributed by atoms with Crippen molar-refractivity contribution in [1.29, 1.82) is 0 Å². The number of amides is 1. The predicted octanol–water partition coefficient (Wildman–Crippen LogP) is 2.64. The minimum atomic E-state index is -3.82. The minimum absolute atomic E-state index is 0.0717. The third-order valence-electron chi connectivity index (χ3n) is 7.68. The highest BCUT2D eigenvalue weighted by Gasteiger charge is 2.55. The molecule has 1 saturated heterocycles. The van der Waals surface area contributed by atoms with Crippen molar-refractivity contribution < 1.29 is 18.1 Å². The van der Waals surface area contributed by atoms with Crippen molar-refractivity contribution in [3.63, 3.8) is 0 Å². The Morgan fingerprint density at radius 1 is 1.00 bits per heavy atom. The molecule has 8 nitrogen and oxygen atoms in total. The molecule has 5 aliphatic rings. The minimum Gasteiger partial charge on any atom is -0.340 e. The number of carbonyl (C=O) groups excluding carboxylic acids is 1. The van der Waals surface area contributed by atoms with Crippen LogP contribution in [0.2, 0.25) is 0 Å². The zero-order chi connectivity index (χ0) is 21.1. The van der Waals surface area contributed by atoms with E-state index in [-0.39, 0.29) is 35.0 Å². The molecule has 1 amide bonds. The molecule has 1 heterocycles. The fourth-order valence-electron chi connectivity index (χ4n) is 6.75. The van der Waals surface area contributed by atoms with E-state index < -0.39 is 14.9 Å². The average molecular weight is 434 g/mol. The van der Waals surface area contributed by atoms with E-state index in [2.05, 4.69) is 0 Å². The van der Waals surface area contributed by atoms with Gasteiger partial charge in [-0.3, -0.25) is 14.9 Å². The number of non-ortho nitro benzene ring substituents is 1. The van der Waals surface area contributed by atoms with Crippen LogP contribution in [0.5, 0.6) is 0 Å². The highest BCUT2D eigenvalue weighted by molar-refractivity contribution is 7.89. The zero-order valence-electron chi connectivity index (χ0n) is 16.9. The summed E-state index contributed by atoms with van der Waals surface area (Å²) in [4.78, 5) is 25.7. The Kier molecular flexibility index (Phi) is 4.66. The number of nitro benzene ring substituents is 1. The van der Waals surface area contributed by atoms with Gasteiger partial charge < -0.3 is 4.90 Å². The molecule has 4 saturated carbocycles. The van der Waals surface area contributed by atoms with E-state index in [1.54, 1.807) is 0 Å². The molecule has 5 fully saturated rings. The summed E-state index contributed by atoms with van der Waals surface area (Å²) in [6, 6.07) is 5.15. The summed E-state index contributed by atoms with van der Waals surface area (Å²) in [5.41, 5.74) is -0.456. The van der Waals surface area contributed by atoms with Gasteiger partial charge >= 0.3 is 0 Å². The molecule has 1 aromatic rings. The van der Waals surface area contributed by atoms with Crippen molar-refractivity contribution in [1.82, 2.24) is 9.21 Å². The first-order valence-corrected chi connectivity index (χ1v) is 12.2. The molecular weight excluding hydrogens is 406 g/mol. The highest BCUT2D eigenvalue weighted by Crippen LogP contribution is 2.60. The van der Waals surface area contributed by atoms with Crippen LogP contribution in [0.25, 0.3) is 0 Å². The SMILES string of the molecule is O=C(N1CCN(S(=O)(=O)c2cccc([N+](=O)[O-])c2)CC1)C12CC3CC(CC(C3)C1)C2. The Morgan fingerprint density at radius 3 is 2.10 bits per heavy atom. The normalized spacial score (nSPS) is 33.6. The molecular formula is C21H27N3O5S. The van der Waals surface area contributed by atoms with Gasteiger partial charge in [-0.15, -0.1) is 0 Å². The Morgan fingerprint density at radius 2 is 1.57 bits per heavy atom. The zero-order valence-corrected chi connectivity index (χ0v) is 17.7. The largest absolute Gasteiger partial charge is 0.340 e. The lowest BCUT2D eigenvalue weighted by Gasteiger charge is -2.57. The van der Waals surface area contributed by atoms with Crippen molar-refractivity contribution in [2.75, 3.05) is 26.2 Å². The molecule has 1 aliphatic heterocycles. The van der Waals surface area contributed by atoms with Crippen LogP contribution in [-0.2, 0) is 14.8 Å². The van der Waals surface area contributed by atoms with Crippen molar-refractivity contribution >= 4 is 21.6 Å². The van der Waals surface area contributed by atoms with Crippen LogP contribution >= 0.6 is 0 Å². The Labute approximate surface area is 176 Å². The molecule has 1 aromatic carbocycles. The lowest BCUT2D eigenvalue weighted by molar-refractivity contribution is -0.385. The molecule has 0 aromatic heterocycles. The second-order valence-electron chi connectivity index (χ2n) is 9.65. The number of rotatable bonds is 4. The van der Waals surface area contributed by atoms with Gasteiger partial charge in [-0.25, -0.2) is 8.42 Å². The van der Waals surface area contributed by atoms with Gasteiger partial charge in [0.15, 0.2) is 0 Å². The molecule has 0 spiro atoms. The topological polar surface area (TPSA) is 101 Å². The van der Waals surface area contributed by atoms with Crippen LogP contribution in [0.4, 0.5) is 5.69 Å². The van der Waals surface area contributed by atoms with E-state index in [1.807, 2.05) is 4.90 Å². The van der Waals surface area contributed by atoms with Gasteiger partial charge in [0.2, 0.25) is 15.9 Å². The van der Waals surface area contributed by atoms with Crippen molar-refractivity contribution in [3.05, 3.63) is 34.4 Å². The van der Waals surface area contributed by atoms with E-state index in [4.69, 9.17) is 0 Å². The van der Waals surface area contributed by atoms with Gasteiger partial charge in [0, 0.05) is 38.3 Å². The van der Waals surface area contributed by atoms with Gasteiger partial charge in [-0.05, 0) is 62.3 Å². The van der Waals surface area contributed by atoms with E-state index in [0.29, 0.717) is 30.8 Å². The van der Waals surface area contributed by atoms with Crippen LogP contribution < -0.4 is 0 Å². The number of nitro groups is 1. The van der Waals surface area contributed by atoms with Crippen molar-refractivity contribution in [3.8, 4) is 0 Å². The first-order chi connectivity index (χ1) is 14.3. The standard InChI is InChI=1S/C21H27N3O5S/c25-20(21-12-15-8-16(13-21)10-17(9-15)14-21)22-4-6-23(7-5-22)30(28,29)19-3-1-2-18(11-19)24(26)27/h1-3,11,15-17H,4-10,12-14H2. The molecule has 0 radical (unpaired) electrons. The third-order valence-corrected chi connectivity index (χ3v) is 9.58. The van der Waals surface area contributed by atoms with E-state index in [9.17, 15) is 23.3 Å². The van der Waals surface area contributed by atoms with Crippen LogP contribution in [0.1, 0.15) is 38.5 Å². The summed E-state index contributed by atoms with van der Waals surface area (Å²) in [5.74, 6) is 2.30. The summed E-state index contributed by atoms with van der Waals surface area (Å²) < 4.78 is 27.3. The summed E-state index contributed by atoms with van der Waals surface area (Å²) in [5, 5.41) is 11.0. The van der Waals surface area contributed by atoms with E-state index >= 15 is 0 Å². The molecule has 4 aliphatic carbocycles. The lowest BCUT2D eigenvalue weighted by Crippen LogP contribution is -2.58. The predicted molar refractivity (Wildman–Crippen MR) is 109 cm³/mol. The van der Waals surface area contributed by atoms with Crippen LogP contribution in [0.3, 0.4) is 0 Å². The fourth-order valence-corrected chi connectivity index (χ4v) is 8.21. The van der Waals surface area contributed by atoms with E-state index in [0.717, 1.165) is 25.3 Å². The van der Waals surface area contributed by atoms with Crippen LogP contribution in [-0.4, -0.2) is 54.6 Å². The lowest BCUT2D eigenvalue weighted by atomic mass is 9.49. The maximum Gasteiger partial charge on any atom is 0.270 e. The molecule has 4 bridgehead atoms. The van der Waals surface area contributed by atoms with Gasteiger partial charge in [0.25, 0.3) is 5.69 Å². The Balaban J connectivity index is 1.28. The first-order valence-electron chi connectivity index (χ1n) is 10.8. The number of carbonyl (C=O) groups is 1. The molecule has 0 N–H and O–H groups in total. The number of hydrogen-bond acceptors (Lipinski definition) is 5. The Bertz CT molecular complexity index is 949. The summed E-state index contributed by atoms with van der Waals surface area (Å²) in [6.45, 7) is 1.22. The number of benzene rings is 1. The monoisotopic (exact) mass is 433 g/mol. The summed E-state index contributed by atoms with van der Waals surface area (Å²) in [7, 11) is -3.82. The summed E-state index contributed by atoms with van der Waals surface area (Å²) >= 11 is 0. The number of sulfonamides is 1. The second-order valence-corrected chi connectivity index (χ2v) is 11.6. The van der Waals surface area contributed by atoms with Crippen molar-refractivity contribution in [2.24, 2.45) is 23.2 Å². The molecule has 0 atom stereocenters. The van der Waals surface area contributed by atoms with Gasteiger partial charge in [-0.2, -0.15) is 4.31 Å². The van der Waals surface area contributed by atoms with Gasteiger partial charge in [0.1, 0.15) is 0 Å².